The SMILES string of the molecule is Cc1ccc(S(=O)(=O)NC(=O)NCCc2ccc(-n3nc(C)c(-c4cc(F)cc(F)c4)c3C)cc2)cc1.[H-].[Na+]. The van der Waals surface area contributed by atoms with Crippen LogP contribution in [0.15, 0.2) is 71.6 Å². The van der Waals surface area contributed by atoms with Crippen molar-refractivity contribution < 1.29 is 53.0 Å². The standard InChI is InChI=1S/C27H26F2N4O3S.Na.H/c1-17-4-10-25(11-5-17)37(35,36)32-27(34)30-13-12-20-6-8-24(9-7-20)33-19(3)26(18(2)31-33)21-14-22(28)16-23(29)15-21;;/h4-11,14-16H,12-13H2,1-3H3,(H2,30,32,34);;/q;+1;-1. The molecule has 3 aromatic carbocycles. The molecule has 1 aromatic heterocycles. The van der Waals surface area contributed by atoms with Crippen molar-refractivity contribution in [3.05, 3.63) is 101 Å². The first-order valence-corrected chi connectivity index (χ1v) is 13.0. The van der Waals surface area contributed by atoms with E-state index in [1.807, 2.05) is 42.8 Å². The Balaban J connectivity index is 0.00000267. The van der Waals surface area contributed by atoms with Crippen LogP contribution in [0.1, 0.15) is 23.9 Å². The summed E-state index contributed by atoms with van der Waals surface area (Å²) in [5.41, 5.74) is 5.06. The van der Waals surface area contributed by atoms with Gasteiger partial charge in [-0.25, -0.2) is 31.4 Å². The van der Waals surface area contributed by atoms with E-state index in [-0.39, 0.29) is 42.4 Å². The predicted octanol–water partition coefficient (Wildman–Crippen LogP) is 2.09. The van der Waals surface area contributed by atoms with E-state index in [9.17, 15) is 22.0 Å². The number of carbonyl (C=O) groups is 1. The van der Waals surface area contributed by atoms with Gasteiger partial charge in [-0.1, -0.05) is 29.8 Å². The van der Waals surface area contributed by atoms with E-state index < -0.39 is 27.7 Å². The van der Waals surface area contributed by atoms with E-state index in [0.717, 1.165) is 28.6 Å². The van der Waals surface area contributed by atoms with Gasteiger partial charge in [-0.15, -0.1) is 0 Å². The molecule has 0 radical (unpaired) electrons. The fraction of sp³-hybridized carbons (Fsp3) is 0.185. The molecule has 0 aliphatic carbocycles. The van der Waals surface area contributed by atoms with Gasteiger partial charge in [0.2, 0.25) is 0 Å². The Morgan fingerprint density at radius 3 is 2.16 bits per heavy atom. The van der Waals surface area contributed by atoms with Gasteiger partial charge in [0.15, 0.2) is 0 Å². The Bertz CT molecular complexity index is 1540. The number of aromatic nitrogens is 2. The summed E-state index contributed by atoms with van der Waals surface area (Å²) in [6, 6.07) is 16.2. The van der Waals surface area contributed by atoms with E-state index in [0.29, 0.717) is 23.2 Å². The Morgan fingerprint density at radius 2 is 1.55 bits per heavy atom. The Kier molecular flexibility index (Phi) is 9.48. The molecule has 2 amide bonds. The van der Waals surface area contributed by atoms with Crippen LogP contribution in [0.5, 0.6) is 0 Å². The number of rotatable bonds is 7. The van der Waals surface area contributed by atoms with Crippen molar-refractivity contribution in [1.82, 2.24) is 19.8 Å². The molecule has 11 heteroatoms. The number of nitrogens with one attached hydrogen (secondary N) is 2. The van der Waals surface area contributed by atoms with Gasteiger partial charge in [-0.3, -0.25) is 0 Å². The number of carbonyl (C=O) groups excluding carboxylic acids is 1. The van der Waals surface area contributed by atoms with Gasteiger partial charge < -0.3 is 6.74 Å². The normalized spacial score (nSPS) is 11.1. The topological polar surface area (TPSA) is 93.1 Å². The van der Waals surface area contributed by atoms with Crippen LogP contribution in [0, 0.1) is 32.4 Å². The maximum atomic E-state index is 13.7. The summed E-state index contributed by atoms with van der Waals surface area (Å²) >= 11 is 0. The molecule has 194 valence electrons. The first-order chi connectivity index (χ1) is 17.5. The molecule has 0 unspecified atom stereocenters. The van der Waals surface area contributed by atoms with Crippen LogP contribution in [-0.4, -0.2) is 30.8 Å². The molecular weight excluding hydrogens is 521 g/mol. The number of benzene rings is 3. The van der Waals surface area contributed by atoms with E-state index >= 15 is 0 Å². The Labute approximate surface area is 244 Å². The van der Waals surface area contributed by atoms with Gasteiger partial charge in [0.25, 0.3) is 10.0 Å². The van der Waals surface area contributed by atoms with Crippen LogP contribution < -0.4 is 39.6 Å². The average Bonchev–Trinajstić information content (AvgIpc) is 3.12. The number of hydrogen-bond acceptors (Lipinski definition) is 4. The maximum Gasteiger partial charge on any atom is 1.00 e. The molecule has 0 atom stereocenters. The van der Waals surface area contributed by atoms with Crippen LogP contribution >= 0.6 is 0 Å². The molecule has 0 saturated carbocycles. The van der Waals surface area contributed by atoms with Crippen molar-refractivity contribution >= 4 is 16.1 Å². The van der Waals surface area contributed by atoms with Crippen molar-refractivity contribution in [1.29, 1.82) is 0 Å². The van der Waals surface area contributed by atoms with Gasteiger partial charge >= 0.3 is 35.6 Å². The first kappa shape index (κ1) is 29.5. The average molecular weight is 549 g/mol. The molecule has 2 N–H and O–H groups in total. The number of aryl methyl sites for hydroxylation is 2. The first-order valence-electron chi connectivity index (χ1n) is 11.5. The third kappa shape index (κ3) is 6.87. The maximum absolute atomic E-state index is 13.7. The fourth-order valence-corrected chi connectivity index (χ4v) is 5.00. The Morgan fingerprint density at radius 1 is 0.947 bits per heavy atom. The summed E-state index contributed by atoms with van der Waals surface area (Å²) in [6.07, 6.45) is 0.475. The fourth-order valence-electron chi connectivity index (χ4n) is 4.07. The molecule has 0 fully saturated rings. The van der Waals surface area contributed by atoms with E-state index in [2.05, 4.69) is 10.4 Å². The van der Waals surface area contributed by atoms with Gasteiger partial charge in [0, 0.05) is 23.9 Å². The number of hydrogen-bond donors (Lipinski definition) is 2. The summed E-state index contributed by atoms with van der Waals surface area (Å²) in [5.74, 6) is -1.30. The number of urea groups is 1. The summed E-state index contributed by atoms with van der Waals surface area (Å²) in [5, 5.41) is 7.10. The Hall–Kier alpha value is -3.05. The van der Waals surface area contributed by atoms with Crippen molar-refractivity contribution in [3.8, 4) is 16.8 Å². The van der Waals surface area contributed by atoms with Crippen LogP contribution in [0.25, 0.3) is 16.8 Å². The van der Waals surface area contributed by atoms with Gasteiger partial charge in [0.1, 0.15) is 11.6 Å². The number of nitrogens with zero attached hydrogens (tertiary/aromatic N) is 2. The monoisotopic (exact) mass is 548 g/mol. The van der Waals surface area contributed by atoms with Crippen LogP contribution in [0.3, 0.4) is 0 Å². The van der Waals surface area contributed by atoms with E-state index in [1.54, 1.807) is 23.7 Å². The minimum atomic E-state index is -3.95. The smallest absolute Gasteiger partial charge is 1.00 e. The van der Waals surface area contributed by atoms with Crippen molar-refractivity contribution in [2.75, 3.05) is 6.54 Å². The van der Waals surface area contributed by atoms with Gasteiger partial charge in [-0.2, -0.15) is 5.10 Å². The summed E-state index contributed by atoms with van der Waals surface area (Å²) in [4.78, 5) is 12.1. The van der Waals surface area contributed by atoms with Gasteiger partial charge in [0.05, 0.1) is 16.3 Å². The molecule has 7 nitrogen and oxygen atoms in total. The molecule has 4 rings (SSSR count). The predicted molar refractivity (Wildman–Crippen MR) is 138 cm³/mol. The molecule has 4 aromatic rings. The third-order valence-corrected chi connectivity index (χ3v) is 7.23. The largest absolute Gasteiger partial charge is 1.00 e. The summed E-state index contributed by atoms with van der Waals surface area (Å²) < 4.78 is 55.8. The number of sulfonamides is 1. The van der Waals surface area contributed by atoms with E-state index in [1.165, 1.54) is 24.3 Å². The van der Waals surface area contributed by atoms with Crippen LogP contribution in [0.4, 0.5) is 13.6 Å². The van der Waals surface area contributed by atoms with Crippen LogP contribution in [0.2, 0.25) is 0 Å². The number of amides is 2. The molecule has 0 aliphatic rings. The number of halogens is 2. The van der Waals surface area contributed by atoms with Crippen molar-refractivity contribution in [2.45, 2.75) is 32.1 Å². The molecule has 0 aliphatic heterocycles. The van der Waals surface area contributed by atoms with Gasteiger partial charge in [-0.05, 0) is 74.7 Å². The zero-order valence-electron chi connectivity index (χ0n) is 22.5. The second-order valence-corrected chi connectivity index (χ2v) is 10.4. The molecule has 0 spiro atoms. The minimum Gasteiger partial charge on any atom is -1.00 e. The molecule has 0 saturated heterocycles. The summed E-state index contributed by atoms with van der Waals surface area (Å²) in [6.45, 7) is 5.68. The summed E-state index contributed by atoms with van der Waals surface area (Å²) in [7, 11) is -3.95. The zero-order chi connectivity index (χ0) is 26.7. The quantitative estimate of drug-likeness (QED) is 0.346. The third-order valence-electron chi connectivity index (χ3n) is 5.88. The van der Waals surface area contributed by atoms with E-state index in [4.69, 9.17) is 0 Å². The zero-order valence-corrected chi connectivity index (χ0v) is 24.4. The van der Waals surface area contributed by atoms with Crippen molar-refractivity contribution in [2.24, 2.45) is 0 Å². The second kappa shape index (κ2) is 12.2. The molecule has 38 heavy (non-hydrogen) atoms. The molecule has 1 heterocycles. The van der Waals surface area contributed by atoms with Crippen molar-refractivity contribution in [3.63, 3.8) is 0 Å². The molecular formula is C27H27F2N4NaO3S. The molecule has 0 bridgehead atoms. The minimum absolute atomic E-state index is 0. The second-order valence-electron chi connectivity index (χ2n) is 8.71. The van der Waals surface area contributed by atoms with Crippen LogP contribution in [-0.2, 0) is 16.4 Å².